The molecule has 0 aliphatic carbocycles. The molecule has 0 saturated carbocycles. The lowest BCUT2D eigenvalue weighted by Crippen LogP contribution is -2.33. The number of thiocarbonyl (C=S) groups is 1. The van der Waals surface area contributed by atoms with E-state index < -0.39 is 0 Å². The molecule has 0 spiro atoms. The topological polar surface area (TPSA) is 27.0 Å². The second-order valence-corrected chi connectivity index (χ2v) is 3.22. The Morgan fingerprint density at radius 1 is 1.82 bits per heavy atom. The summed E-state index contributed by atoms with van der Waals surface area (Å²) >= 11 is 5.12. The van der Waals surface area contributed by atoms with Gasteiger partial charge in [-0.1, -0.05) is 19.1 Å². The van der Waals surface area contributed by atoms with Crippen molar-refractivity contribution in [2.75, 3.05) is 6.54 Å². The van der Waals surface area contributed by atoms with Crippen LogP contribution in [0, 0.1) is 11.3 Å². The highest BCUT2D eigenvalue weighted by Crippen LogP contribution is 2.16. The van der Waals surface area contributed by atoms with E-state index in [2.05, 4.69) is 11.0 Å². The first-order valence-corrected chi connectivity index (χ1v) is 4.39. The molecule has 1 rings (SSSR count). The van der Waals surface area contributed by atoms with E-state index in [1.54, 1.807) is 0 Å². The molecule has 0 amide bonds. The van der Waals surface area contributed by atoms with E-state index in [4.69, 9.17) is 17.5 Å². The van der Waals surface area contributed by atoms with Crippen LogP contribution >= 0.6 is 12.2 Å². The summed E-state index contributed by atoms with van der Waals surface area (Å²) in [6, 6.07) is 2.28. The summed E-state index contributed by atoms with van der Waals surface area (Å²) in [6.45, 7) is 3.00. The van der Waals surface area contributed by atoms with Crippen LogP contribution in [0.15, 0.2) is 0 Å². The summed E-state index contributed by atoms with van der Waals surface area (Å²) in [4.78, 5) is 3.02. The molecule has 0 aromatic rings. The lowest BCUT2D eigenvalue weighted by atomic mass is 10.2. The fraction of sp³-hybridized carbons (Fsp3) is 0.750. The van der Waals surface area contributed by atoms with Crippen LogP contribution in [-0.4, -0.2) is 22.5 Å². The highest BCUT2D eigenvalue weighted by Gasteiger charge is 2.23. The molecule has 1 aliphatic rings. The molecular formula is C8H12N2S. The van der Waals surface area contributed by atoms with Crippen molar-refractivity contribution in [1.82, 2.24) is 4.90 Å². The van der Waals surface area contributed by atoms with Crippen molar-refractivity contribution in [2.24, 2.45) is 0 Å². The lowest BCUT2D eigenvalue weighted by molar-refractivity contribution is 0.389. The van der Waals surface area contributed by atoms with Crippen LogP contribution in [0.4, 0.5) is 0 Å². The molecule has 1 saturated heterocycles. The van der Waals surface area contributed by atoms with Crippen LogP contribution in [-0.2, 0) is 0 Å². The SMILES string of the molecule is CCC(C#N)N1CCCC1=S. The average Bonchev–Trinajstić information content (AvgIpc) is 2.40. The number of nitrogens with zero attached hydrogens (tertiary/aromatic N) is 2. The lowest BCUT2D eigenvalue weighted by Gasteiger charge is -2.22. The summed E-state index contributed by atoms with van der Waals surface area (Å²) < 4.78 is 0. The molecule has 0 N–H and O–H groups in total. The smallest absolute Gasteiger partial charge is 0.117 e. The van der Waals surface area contributed by atoms with E-state index in [0.717, 1.165) is 30.8 Å². The molecule has 3 heteroatoms. The highest BCUT2D eigenvalue weighted by molar-refractivity contribution is 7.80. The maximum Gasteiger partial charge on any atom is 0.117 e. The van der Waals surface area contributed by atoms with Gasteiger partial charge in [0.1, 0.15) is 6.04 Å². The summed E-state index contributed by atoms with van der Waals surface area (Å²) in [5.41, 5.74) is 0. The zero-order chi connectivity index (χ0) is 8.27. The van der Waals surface area contributed by atoms with Gasteiger partial charge in [0.2, 0.25) is 0 Å². The van der Waals surface area contributed by atoms with Gasteiger partial charge in [0.25, 0.3) is 0 Å². The van der Waals surface area contributed by atoms with Crippen LogP contribution in [0.5, 0.6) is 0 Å². The molecule has 60 valence electrons. The van der Waals surface area contributed by atoms with Crippen molar-refractivity contribution in [2.45, 2.75) is 32.2 Å². The molecule has 0 aromatic heterocycles. The van der Waals surface area contributed by atoms with Crippen molar-refractivity contribution < 1.29 is 0 Å². The average molecular weight is 168 g/mol. The predicted octanol–water partition coefficient (Wildman–Crippen LogP) is 1.71. The first-order chi connectivity index (χ1) is 5.29. The number of hydrogen-bond donors (Lipinski definition) is 0. The maximum atomic E-state index is 8.75. The van der Waals surface area contributed by atoms with E-state index in [0.29, 0.717) is 0 Å². The highest BCUT2D eigenvalue weighted by atomic mass is 32.1. The fourth-order valence-corrected chi connectivity index (χ4v) is 1.74. The van der Waals surface area contributed by atoms with Crippen molar-refractivity contribution in [1.29, 1.82) is 5.26 Å². The van der Waals surface area contributed by atoms with Gasteiger partial charge in [-0.3, -0.25) is 0 Å². The zero-order valence-electron chi connectivity index (χ0n) is 6.71. The van der Waals surface area contributed by atoms with Gasteiger partial charge < -0.3 is 4.90 Å². The van der Waals surface area contributed by atoms with E-state index >= 15 is 0 Å². The Bertz CT molecular complexity index is 195. The molecule has 1 fully saturated rings. The third kappa shape index (κ3) is 1.69. The molecule has 1 heterocycles. The number of rotatable bonds is 2. The molecule has 0 aromatic carbocycles. The Kier molecular flexibility index (Phi) is 2.84. The van der Waals surface area contributed by atoms with Gasteiger partial charge in [0.15, 0.2) is 0 Å². The summed E-state index contributed by atoms with van der Waals surface area (Å²) in [7, 11) is 0. The number of hydrogen-bond acceptors (Lipinski definition) is 2. The van der Waals surface area contributed by atoms with Gasteiger partial charge in [-0.05, 0) is 19.3 Å². The first kappa shape index (κ1) is 8.48. The maximum absolute atomic E-state index is 8.75. The van der Waals surface area contributed by atoms with Crippen LogP contribution in [0.25, 0.3) is 0 Å². The molecule has 1 unspecified atom stereocenters. The minimum Gasteiger partial charge on any atom is -0.350 e. The Morgan fingerprint density at radius 3 is 2.91 bits per heavy atom. The van der Waals surface area contributed by atoms with Gasteiger partial charge in [0.05, 0.1) is 11.1 Å². The van der Waals surface area contributed by atoms with Crippen LogP contribution in [0.2, 0.25) is 0 Å². The number of likely N-dealkylation sites (tertiary alicyclic amines) is 1. The van der Waals surface area contributed by atoms with E-state index in [1.165, 1.54) is 0 Å². The Morgan fingerprint density at radius 2 is 2.55 bits per heavy atom. The van der Waals surface area contributed by atoms with E-state index in [-0.39, 0.29) is 6.04 Å². The van der Waals surface area contributed by atoms with Gasteiger partial charge >= 0.3 is 0 Å². The third-order valence-electron chi connectivity index (χ3n) is 2.02. The van der Waals surface area contributed by atoms with Crippen LogP contribution < -0.4 is 0 Å². The summed E-state index contributed by atoms with van der Waals surface area (Å²) in [5.74, 6) is 0. The molecule has 0 bridgehead atoms. The van der Waals surface area contributed by atoms with Gasteiger partial charge in [0, 0.05) is 6.54 Å². The summed E-state index contributed by atoms with van der Waals surface area (Å²) in [5, 5.41) is 8.75. The molecule has 0 radical (unpaired) electrons. The minimum absolute atomic E-state index is 0.0185. The van der Waals surface area contributed by atoms with Crippen LogP contribution in [0.1, 0.15) is 26.2 Å². The largest absolute Gasteiger partial charge is 0.350 e. The van der Waals surface area contributed by atoms with E-state index in [1.807, 2.05) is 6.92 Å². The standard InChI is InChI=1S/C8H12N2S/c1-2-7(6-9)10-5-3-4-8(10)11/h7H,2-5H2,1H3. The van der Waals surface area contributed by atoms with Gasteiger partial charge in [-0.2, -0.15) is 5.26 Å². The second kappa shape index (κ2) is 3.68. The zero-order valence-corrected chi connectivity index (χ0v) is 7.52. The monoisotopic (exact) mass is 168 g/mol. The second-order valence-electron chi connectivity index (χ2n) is 2.74. The normalized spacial score (nSPS) is 20.0. The first-order valence-electron chi connectivity index (χ1n) is 3.98. The van der Waals surface area contributed by atoms with Gasteiger partial charge in [-0.15, -0.1) is 0 Å². The molecule has 2 nitrogen and oxygen atoms in total. The molecule has 1 atom stereocenters. The Hall–Kier alpha value is -0.620. The summed E-state index contributed by atoms with van der Waals surface area (Å²) in [6.07, 6.45) is 2.99. The van der Waals surface area contributed by atoms with Crippen molar-refractivity contribution >= 4 is 17.2 Å². The predicted molar refractivity (Wildman–Crippen MR) is 48.2 cm³/mol. The minimum atomic E-state index is 0.0185. The quantitative estimate of drug-likeness (QED) is 0.587. The van der Waals surface area contributed by atoms with Crippen molar-refractivity contribution in [3.63, 3.8) is 0 Å². The van der Waals surface area contributed by atoms with Gasteiger partial charge in [-0.25, -0.2) is 0 Å². The molecule has 1 aliphatic heterocycles. The third-order valence-corrected chi connectivity index (χ3v) is 2.46. The molecular weight excluding hydrogens is 156 g/mol. The fourth-order valence-electron chi connectivity index (χ4n) is 1.38. The van der Waals surface area contributed by atoms with Crippen molar-refractivity contribution in [3.8, 4) is 6.07 Å². The van der Waals surface area contributed by atoms with Crippen LogP contribution in [0.3, 0.4) is 0 Å². The van der Waals surface area contributed by atoms with Crippen molar-refractivity contribution in [3.05, 3.63) is 0 Å². The number of nitriles is 1. The Balaban J connectivity index is 2.59. The Labute approximate surface area is 72.8 Å². The molecule has 11 heavy (non-hydrogen) atoms. The van der Waals surface area contributed by atoms with E-state index in [9.17, 15) is 0 Å².